The molecule has 0 saturated carbocycles. The summed E-state index contributed by atoms with van der Waals surface area (Å²) >= 11 is 0. The number of aromatic amines is 1. The number of aromatic nitrogens is 4. The fourth-order valence-electron chi connectivity index (χ4n) is 7.15. The van der Waals surface area contributed by atoms with E-state index >= 15 is 0 Å². The Labute approximate surface area is 354 Å². The van der Waals surface area contributed by atoms with Crippen LogP contribution in [-0.2, 0) is 0 Å². The van der Waals surface area contributed by atoms with E-state index in [0.29, 0.717) is 35.9 Å². The molecule has 0 saturated heterocycles. The van der Waals surface area contributed by atoms with Gasteiger partial charge >= 0.3 is 0 Å². The van der Waals surface area contributed by atoms with Gasteiger partial charge < -0.3 is 5.11 Å². The Morgan fingerprint density at radius 1 is 0.623 bits per heavy atom. The fourth-order valence-corrected chi connectivity index (χ4v) is 7.15. The van der Waals surface area contributed by atoms with Gasteiger partial charge in [0.15, 0.2) is 12.0 Å². The van der Waals surface area contributed by atoms with E-state index < -0.39 is 28.9 Å². The Balaban J connectivity index is 0.000000180. The van der Waals surface area contributed by atoms with Gasteiger partial charge in [0.25, 0.3) is 0 Å². The third-order valence-electron chi connectivity index (χ3n) is 12.2. The lowest BCUT2D eigenvalue weighted by molar-refractivity contribution is 0.0521. The lowest BCUT2D eigenvalue weighted by Crippen LogP contribution is -2.27. The lowest BCUT2D eigenvalue weighted by Gasteiger charge is -2.28. The van der Waals surface area contributed by atoms with Crippen molar-refractivity contribution in [1.82, 2.24) is 20.6 Å². The van der Waals surface area contributed by atoms with Crippen LogP contribution in [0.5, 0.6) is 0 Å². The van der Waals surface area contributed by atoms with Crippen molar-refractivity contribution in [1.29, 1.82) is 0 Å². The van der Waals surface area contributed by atoms with Crippen LogP contribution in [0.4, 0.5) is 17.6 Å². The van der Waals surface area contributed by atoms with Crippen molar-refractivity contribution in [3.05, 3.63) is 136 Å². The van der Waals surface area contributed by atoms with Crippen molar-refractivity contribution in [2.24, 2.45) is 30.6 Å². The predicted octanol–water partition coefficient (Wildman–Crippen LogP) is 11.7. The molecule has 10 nitrogen and oxygen atoms in total. The molecule has 1 aromatic heterocycles. The molecular weight excluding hydrogens is 783 g/mol. The van der Waals surface area contributed by atoms with Gasteiger partial charge in [-0.05, 0) is 98.9 Å². The van der Waals surface area contributed by atoms with Crippen LogP contribution in [0.25, 0.3) is 11.4 Å². The van der Waals surface area contributed by atoms with Gasteiger partial charge in [-0.25, -0.2) is 22.6 Å². The molecule has 3 aliphatic rings. The van der Waals surface area contributed by atoms with Crippen LogP contribution >= 0.6 is 0 Å². The van der Waals surface area contributed by atoms with E-state index in [4.69, 9.17) is 10.1 Å². The Bertz CT molecular complexity index is 2330. The van der Waals surface area contributed by atoms with E-state index in [9.17, 15) is 17.6 Å². The van der Waals surface area contributed by atoms with Crippen LogP contribution in [0.3, 0.4) is 0 Å². The summed E-state index contributed by atoms with van der Waals surface area (Å²) in [6.07, 6.45) is 6.11. The van der Waals surface area contributed by atoms with Crippen molar-refractivity contribution in [2.75, 3.05) is 0 Å². The molecule has 0 fully saturated rings. The zero-order valence-electron chi connectivity index (χ0n) is 35.5. The number of tetrazole rings is 1. The minimum atomic E-state index is -0.568. The Morgan fingerprint density at radius 2 is 1.08 bits per heavy atom. The minimum Gasteiger partial charge on any atom is -0.390 e. The van der Waals surface area contributed by atoms with Crippen LogP contribution in [0.15, 0.2) is 110 Å². The molecular formula is C47H53F4N9O. The van der Waals surface area contributed by atoms with Gasteiger partial charge in [-0.15, -0.1) is 15.3 Å². The first-order chi connectivity index (χ1) is 29.3. The predicted molar refractivity (Wildman–Crippen MR) is 231 cm³/mol. The van der Waals surface area contributed by atoms with Crippen LogP contribution in [0.1, 0.15) is 133 Å². The first-order valence-electron chi connectivity index (χ1n) is 21.0. The van der Waals surface area contributed by atoms with E-state index in [1.54, 1.807) is 0 Å². The normalized spacial score (nSPS) is 18.5. The van der Waals surface area contributed by atoms with Gasteiger partial charge in [-0.3, -0.25) is 9.98 Å². The zero-order valence-corrected chi connectivity index (χ0v) is 35.5. The zero-order chi connectivity index (χ0) is 43.7. The summed E-state index contributed by atoms with van der Waals surface area (Å²) in [6, 6.07) is 23.2. The summed E-state index contributed by atoms with van der Waals surface area (Å²) in [5, 5.41) is 31.6. The minimum absolute atomic E-state index is 0.00159. The molecule has 3 unspecified atom stereocenters. The molecule has 61 heavy (non-hydrogen) atoms. The molecule has 5 aromatic rings. The van der Waals surface area contributed by atoms with Gasteiger partial charge in [-0.2, -0.15) is 10.3 Å². The third kappa shape index (κ3) is 10.6. The molecule has 8 rings (SSSR count). The number of aliphatic imine (C=N–C) groups is 3. The van der Waals surface area contributed by atoms with Crippen LogP contribution in [-0.4, -0.2) is 54.8 Å². The Hall–Kier alpha value is -5.76. The molecule has 0 amide bonds. The number of azo groups is 1. The van der Waals surface area contributed by atoms with E-state index in [-0.39, 0.29) is 34.8 Å². The van der Waals surface area contributed by atoms with E-state index in [1.165, 1.54) is 36.4 Å². The Kier molecular flexibility index (Phi) is 14.5. The average molecular weight is 836 g/mol. The maximum Gasteiger partial charge on any atom is 0.204 e. The Morgan fingerprint density at radius 3 is 1.48 bits per heavy atom. The smallest absolute Gasteiger partial charge is 0.204 e. The lowest BCUT2D eigenvalue weighted by atomic mass is 9.82. The second-order valence-corrected chi connectivity index (χ2v) is 16.0. The SMILES string of the molecule is CCC(C)(CC)C1N=NC(c2ccc(C3CCC(c4c(F)cccc4F)=N3)cc2)=N1.CCC(C)(O)CC.Fc1cccc(F)c1C1=NC(c2ccc(-c3nn[nH]n3)cc2)CC1. The molecule has 0 spiro atoms. The number of benzene rings is 4. The molecule has 320 valence electrons. The molecule has 3 aliphatic heterocycles. The summed E-state index contributed by atoms with van der Waals surface area (Å²) in [4.78, 5) is 13.9. The number of rotatable bonds is 11. The quantitative estimate of drug-likeness (QED) is 0.128. The highest BCUT2D eigenvalue weighted by atomic mass is 19.1. The second kappa shape index (κ2) is 19.7. The molecule has 0 bridgehead atoms. The third-order valence-corrected chi connectivity index (χ3v) is 12.2. The molecule has 0 aliphatic carbocycles. The highest BCUT2D eigenvalue weighted by Crippen LogP contribution is 2.37. The first kappa shape index (κ1) is 44.8. The average Bonchev–Trinajstić information content (AvgIpc) is 4.13. The number of amidine groups is 1. The highest BCUT2D eigenvalue weighted by molar-refractivity contribution is 6.03. The van der Waals surface area contributed by atoms with Crippen molar-refractivity contribution < 1.29 is 22.7 Å². The maximum atomic E-state index is 14.1. The number of hydrogen-bond acceptors (Lipinski definition) is 9. The number of aliphatic hydroxyl groups is 1. The van der Waals surface area contributed by atoms with Gasteiger partial charge in [0, 0.05) is 28.0 Å². The van der Waals surface area contributed by atoms with Crippen LogP contribution < -0.4 is 0 Å². The molecule has 4 heterocycles. The van der Waals surface area contributed by atoms with Crippen molar-refractivity contribution >= 4 is 17.3 Å². The number of hydrogen-bond donors (Lipinski definition) is 2. The largest absolute Gasteiger partial charge is 0.390 e. The van der Waals surface area contributed by atoms with E-state index in [0.717, 1.165) is 60.8 Å². The summed E-state index contributed by atoms with van der Waals surface area (Å²) in [7, 11) is 0. The van der Waals surface area contributed by atoms with Crippen molar-refractivity contribution in [3.8, 4) is 11.4 Å². The van der Waals surface area contributed by atoms with Crippen LogP contribution in [0, 0.1) is 28.7 Å². The summed E-state index contributed by atoms with van der Waals surface area (Å²) in [5.41, 5.74) is 4.34. The van der Waals surface area contributed by atoms with E-state index in [1.807, 2.05) is 69.3 Å². The number of halogens is 4. The first-order valence-corrected chi connectivity index (χ1v) is 21.0. The molecule has 3 atom stereocenters. The van der Waals surface area contributed by atoms with Gasteiger partial charge in [0.2, 0.25) is 5.82 Å². The highest BCUT2D eigenvalue weighted by Gasteiger charge is 2.34. The van der Waals surface area contributed by atoms with Crippen LogP contribution in [0.2, 0.25) is 0 Å². The van der Waals surface area contributed by atoms with Gasteiger partial charge in [-0.1, -0.05) is 95.3 Å². The second-order valence-electron chi connectivity index (χ2n) is 16.0. The maximum absolute atomic E-state index is 14.1. The fraction of sp³-hybridized carbons (Fsp3) is 0.404. The summed E-state index contributed by atoms with van der Waals surface area (Å²) in [5.74, 6) is -1.08. The standard InChI is InChI=1S/C24H26F2N4.C17H13F2N5.C6H14O/c1-4-24(3,5-2)23-28-22(29-30-23)16-11-9-15(10-12-16)19-13-14-20(27-19)21-17(25)7-6-8-18(21)26;18-12-2-1-3-13(19)16(12)15-9-8-14(20-15)10-4-6-11(7-5-10)17-21-23-24-22-17;1-4-6(3,7)5-2/h6-12,19,23H,4-5,13-14H2,1-3H3;1-7,14H,8-9H2,(H,21,22,23,24);7H,4-5H2,1-3H3. The van der Waals surface area contributed by atoms with Gasteiger partial charge in [0.05, 0.1) is 28.8 Å². The van der Waals surface area contributed by atoms with Gasteiger partial charge in [0.1, 0.15) is 23.3 Å². The molecule has 2 N–H and O–H groups in total. The number of nitrogens with zero attached hydrogens (tertiary/aromatic N) is 8. The summed E-state index contributed by atoms with van der Waals surface area (Å²) < 4.78 is 55.9. The number of nitrogens with one attached hydrogen (secondary N) is 1. The van der Waals surface area contributed by atoms with E-state index in [2.05, 4.69) is 61.6 Å². The monoisotopic (exact) mass is 835 g/mol. The summed E-state index contributed by atoms with van der Waals surface area (Å²) in [6.45, 7) is 12.3. The topological polar surface area (TPSA) is 136 Å². The van der Waals surface area contributed by atoms with Crippen molar-refractivity contribution in [3.63, 3.8) is 0 Å². The number of H-pyrrole nitrogens is 1. The molecule has 4 aromatic carbocycles. The van der Waals surface area contributed by atoms with Crippen molar-refractivity contribution in [2.45, 2.75) is 117 Å². The molecule has 0 radical (unpaired) electrons. The molecule has 14 heteroatoms.